The number of hydrogen-bond acceptors (Lipinski definition) is 3. The van der Waals surface area contributed by atoms with Gasteiger partial charge in [0.05, 0.1) is 14.2 Å². The zero-order valence-corrected chi connectivity index (χ0v) is 11.2. The molecule has 0 radical (unpaired) electrons. The number of benzene rings is 1. The van der Waals surface area contributed by atoms with Crippen LogP contribution in [0.1, 0.15) is 17.7 Å². The Kier molecular flexibility index (Phi) is 3.64. The van der Waals surface area contributed by atoms with Crippen molar-refractivity contribution in [3.8, 4) is 11.5 Å². The Bertz CT molecular complexity index is 615. The van der Waals surface area contributed by atoms with Gasteiger partial charge in [0.2, 0.25) is 0 Å². The number of methoxy groups -OCH3 is 2. The summed E-state index contributed by atoms with van der Waals surface area (Å²) in [5, 5.41) is 9.79. The highest BCUT2D eigenvalue weighted by Gasteiger charge is 2.14. The quantitative estimate of drug-likeness (QED) is 0.869. The number of carbonyl (C=O) groups is 1. The van der Waals surface area contributed by atoms with Crippen molar-refractivity contribution in [3.05, 3.63) is 23.4 Å². The van der Waals surface area contributed by atoms with Gasteiger partial charge in [-0.3, -0.25) is 4.79 Å². The van der Waals surface area contributed by atoms with Crippen molar-refractivity contribution in [3.63, 3.8) is 0 Å². The van der Waals surface area contributed by atoms with E-state index in [9.17, 15) is 4.79 Å². The second-order valence-corrected chi connectivity index (χ2v) is 4.38. The second-order valence-electron chi connectivity index (χ2n) is 4.38. The predicted octanol–water partition coefficient (Wildman–Crippen LogP) is 2.51. The lowest BCUT2D eigenvalue weighted by molar-refractivity contribution is -0.136. The number of nitrogens with one attached hydrogen (secondary N) is 1. The highest BCUT2D eigenvalue weighted by atomic mass is 16.5. The Morgan fingerprint density at radius 2 is 1.89 bits per heavy atom. The Balaban J connectivity index is 2.52. The molecule has 0 atom stereocenters. The van der Waals surface area contributed by atoms with Crippen molar-refractivity contribution in [1.29, 1.82) is 0 Å². The average molecular weight is 263 g/mol. The number of rotatable bonds is 5. The third-order valence-corrected chi connectivity index (χ3v) is 3.21. The first-order chi connectivity index (χ1) is 9.06. The molecular weight excluding hydrogens is 246 g/mol. The Labute approximate surface area is 111 Å². The Morgan fingerprint density at radius 3 is 2.47 bits per heavy atom. The minimum Gasteiger partial charge on any atom is -0.493 e. The molecule has 0 aliphatic rings. The summed E-state index contributed by atoms with van der Waals surface area (Å²) in [4.78, 5) is 14.0. The van der Waals surface area contributed by atoms with Crippen molar-refractivity contribution >= 4 is 16.9 Å². The van der Waals surface area contributed by atoms with Gasteiger partial charge in [-0.05, 0) is 25.0 Å². The Morgan fingerprint density at radius 1 is 1.26 bits per heavy atom. The van der Waals surface area contributed by atoms with E-state index >= 15 is 0 Å². The maximum atomic E-state index is 10.7. The van der Waals surface area contributed by atoms with Crippen molar-refractivity contribution in [2.45, 2.75) is 19.8 Å². The fraction of sp³-hybridized carbons (Fsp3) is 0.357. The highest BCUT2D eigenvalue weighted by Crippen LogP contribution is 2.34. The number of aromatic amines is 1. The number of H-pyrrole nitrogens is 1. The van der Waals surface area contributed by atoms with Crippen LogP contribution in [0, 0.1) is 6.92 Å². The molecule has 0 amide bonds. The third-order valence-electron chi connectivity index (χ3n) is 3.21. The van der Waals surface area contributed by atoms with E-state index in [0.29, 0.717) is 17.9 Å². The van der Waals surface area contributed by atoms with Crippen LogP contribution in [0.25, 0.3) is 10.9 Å². The molecule has 0 aliphatic heterocycles. The van der Waals surface area contributed by atoms with Crippen LogP contribution in [0.2, 0.25) is 0 Å². The molecule has 5 nitrogen and oxygen atoms in total. The van der Waals surface area contributed by atoms with E-state index in [0.717, 1.165) is 22.2 Å². The van der Waals surface area contributed by atoms with Crippen LogP contribution in [0.15, 0.2) is 12.1 Å². The molecule has 0 saturated carbocycles. The van der Waals surface area contributed by atoms with Gasteiger partial charge in [0.1, 0.15) is 0 Å². The van der Waals surface area contributed by atoms with Crippen LogP contribution in [-0.4, -0.2) is 30.3 Å². The van der Waals surface area contributed by atoms with Gasteiger partial charge in [-0.15, -0.1) is 0 Å². The molecular formula is C14H17NO4. The smallest absolute Gasteiger partial charge is 0.303 e. The molecule has 0 unspecified atom stereocenters. The minimum atomic E-state index is -0.797. The Hall–Kier alpha value is -2.17. The van der Waals surface area contributed by atoms with Gasteiger partial charge in [0.15, 0.2) is 11.5 Å². The van der Waals surface area contributed by atoms with Crippen LogP contribution in [-0.2, 0) is 11.2 Å². The molecule has 19 heavy (non-hydrogen) atoms. The summed E-state index contributed by atoms with van der Waals surface area (Å²) in [7, 11) is 3.17. The van der Waals surface area contributed by atoms with Crippen molar-refractivity contribution < 1.29 is 19.4 Å². The molecule has 0 bridgehead atoms. The van der Waals surface area contributed by atoms with Crippen LogP contribution in [0.5, 0.6) is 11.5 Å². The summed E-state index contributed by atoms with van der Waals surface area (Å²) in [5.41, 5.74) is 2.92. The molecule has 5 heteroatoms. The number of aromatic nitrogens is 1. The van der Waals surface area contributed by atoms with Gasteiger partial charge in [0.25, 0.3) is 0 Å². The molecule has 1 heterocycles. The summed E-state index contributed by atoms with van der Waals surface area (Å²) in [5.74, 6) is 0.501. The summed E-state index contributed by atoms with van der Waals surface area (Å²) in [6, 6.07) is 3.75. The van der Waals surface area contributed by atoms with E-state index in [1.54, 1.807) is 14.2 Å². The molecule has 2 N–H and O–H groups in total. The molecule has 0 aliphatic carbocycles. The first-order valence-electron chi connectivity index (χ1n) is 6.01. The SMILES string of the molecule is COc1cc2[nH]c(C)c(CCC(=O)O)c2cc1OC. The van der Waals surface area contributed by atoms with E-state index in [2.05, 4.69) is 4.98 Å². The molecule has 102 valence electrons. The van der Waals surface area contributed by atoms with Gasteiger partial charge in [0, 0.05) is 29.1 Å². The first-order valence-corrected chi connectivity index (χ1v) is 6.01. The minimum absolute atomic E-state index is 0.113. The van der Waals surface area contributed by atoms with E-state index < -0.39 is 5.97 Å². The molecule has 2 rings (SSSR count). The fourth-order valence-electron chi connectivity index (χ4n) is 2.27. The lowest BCUT2D eigenvalue weighted by Gasteiger charge is -2.07. The lowest BCUT2D eigenvalue weighted by atomic mass is 10.1. The number of aryl methyl sites for hydroxylation is 2. The number of carboxylic acids is 1. The molecule has 0 fully saturated rings. The topological polar surface area (TPSA) is 71.6 Å². The fourth-order valence-corrected chi connectivity index (χ4v) is 2.27. The van der Waals surface area contributed by atoms with Crippen LogP contribution in [0.4, 0.5) is 0 Å². The van der Waals surface area contributed by atoms with Gasteiger partial charge in [-0.25, -0.2) is 0 Å². The second kappa shape index (κ2) is 5.22. The van der Waals surface area contributed by atoms with Crippen molar-refractivity contribution in [1.82, 2.24) is 4.98 Å². The summed E-state index contributed by atoms with van der Waals surface area (Å²) >= 11 is 0. The molecule has 0 spiro atoms. The van der Waals surface area contributed by atoms with Gasteiger partial charge in [-0.2, -0.15) is 0 Å². The highest BCUT2D eigenvalue weighted by molar-refractivity contribution is 5.88. The zero-order valence-electron chi connectivity index (χ0n) is 11.2. The number of ether oxygens (including phenoxy) is 2. The maximum Gasteiger partial charge on any atom is 0.303 e. The number of hydrogen-bond donors (Lipinski definition) is 2. The van der Waals surface area contributed by atoms with E-state index in [1.165, 1.54) is 0 Å². The monoisotopic (exact) mass is 263 g/mol. The molecule has 1 aromatic carbocycles. The third kappa shape index (κ3) is 2.50. The average Bonchev–Trinajstić information content (AvgIpc) is 2.69. The molecule has 1 aromatic heterocycles. The predicted molar refractivity (Wildman–Crippen MR) is 72.1 cm³/mol. The molecule has 2 aromatic rings. The zero-order chi connectivity index (χ0) is 14.0. The van der Waals surface area contributed by atoms with E-state index in [1.807, 2.05) is 19.1 Å². The van der Waals surface area contributed by atoms with Crippen LogP contribution in [0.3, 0.4) is 0 Å². The maximum absolute atomic E-state index is 10.7. The standard InChI is InChI=1S/C14H17NO4/c1-8-9(4-5-14(16)17)10-6-12(18-2)13(19-3)7-11(10)15-8/h6-7,15H,4-5H2,1-3H3,(H,16,17). The van der Waals surface area contributed by atoms with Crippen LogP contribution >= 0.6 is 0 Å². The van der Waals surface area contributed by atoms with E-state index in [4.69, 9.17) is 14.6 Å². The van der Waals surface area contributed by atoms with E-state index in [-0.39, 0.29) is 6.42 Å². The first kappa shape index (κ1) is 13.3. The largest absolute Gasteiger partial charge is 0.493 e. The van der Waals surface area contributed by atoms with Crippen LogP contribution < -0.4 is 9.47 Å². The summed E-state index contributed by atoms with van der Waals surface area (Å²) < 4.78 is 10.5. The lowest BCUT2D eigenvalue weighted by Crippen LogP contribution is -1.98. The van der Waals surface area contributed by atoms with Crippen molar-refractivity contribution in [2.24, 2.45) is 0 Å². The molecule has 0 saturated heterocycles. The number of aliphatic carboxylic acids is 1. The normalized spacial score (nSPS) is 10.7. The van der Waals surface area contributed by atoms with Crippen molar-refractivity contribution in [2.75, 3.05) is 14.2 Å². The van der Waals surface area contributed by atoms with Gasteiger partial charge in [-0.1, -0.05) is 0 Å². The summed E-state index contributed by atoms with van der Waals surface area (Å²) in [6.07, 6.45) is 0.610. The van der Waals surface area contributed by atoms with Gasteiger partial charge >= 0.3 is 5.97 Å². The summed E-state index contributed by atoms with van der Waals surface area (Å²) in [6.45, 7) is 1.94. The number of carboxylic acid groups (broad SMARTS) is 1. The van der Waals surface area contributed by atoms with Gasteiger partial charge < -0.3 is 19.6 Å². The number of fused-ring (bicyclic) bond motifs is 1.